The van der Waals surface area contributed by atoms with E-state index in [4.69, 9.17) is 0 Å². The minimum Gasteiger partial charge on any atom is -0.317 e. The predicted molar refractivity (Wildman–Crippen MR) is 82.6 cm³/mol. The summed E-state index contributed by atoms with van der Waals surface area (Å²) in [7, 11) is 0. The molecular formula is C16H24N2OS. The number of rotatable bonds is 2. The van der Waals surface area contributed by atoms with E-state index in [1.165, 1.54) is 16.2 Å². The van der Waals surface area contributed by atoms with Crippen LogP contribution in [-0.2, 0) is 4.79 Å². The van der Waals surface area contributed by atoms with Crippen molar-refractivity contribution in [3.8, 4) is 0 Å². The van der Waals surface area contributed by atoms with Crippen LogP contribution in [0.1, 0.15) is 49.5 Å². The van der Waals surface area contributed by atoms with Gasteiger partial charge in [0.1, 0.15) is 6.17 Å². The molecule has 2 aliphatic rings. The lowest BCUT2D eigenvalue weighted by atomic mass is 9.96. The van der Waals surface area contributed by atoms with Crippen molar-refractivity contribution in [1.82, 2.24) is 10.2 Å². The fourth-order valence-corrected chi connectivity index (χ4v) is 4.58. The molecule has 0 aromatic carbocycles. The zero-order valence-electron chi connectivity index (χ0n) is 12.7. The maximum atomic E-state index is 12.6. The first-order valence-corrected chi connectivity index (χ1v) is 8.45. The normalized spacial score (nSPS) is 37.9. The summed E-state index contributed by atoms with van der Waals surface area (Å²) in [5, 5.41) is 3.48. The second-order valence-corrected chi connectivity index (χ2v) is 7.79. The molecule has 0 radical (unpaired) electrons. The molecule has 20 heavy (non-hydrogen) atoms. The quantitative estimate of drug-likeness (QED) is 0.907. The highest BCUT2D eigenvalue weighted by Gasteiger charge is 2.46. The highest BCUT2D eigenvalue weighted by atomic mass is 32.1. The van der Waals surface area contributed by atoms with Gasteiger partial charge in [0, 0.05) is 15.8 Å². The first-order valence-electron chi connectivity index (χ1n) is 7.63. The van der Waals surface area contributed by atoms with E-state index in [1.807, 2.05) is 6.92 Å². The number of nitrogens with zero attached hydrogens (tertiary/aromatic N) is 1. The Balaban J connectivity index is 1.91. The lowest BCUT2D eigenvalue weighted by Gasteiger charge is -2.33. The van der Waals surface area contributed by atoms with Crippen LogP contribution >= 0.6 is 11.3 Å². The van der Waals surface area contributed by atoms with Gasteiger partial charge in [-0.25, -0.2) is 0 Å². The molecule has 2 fully saturated rings. The van der Waals surface area contributed by atoms with Gasteiger partial charge in [-0.3, -0.25) is 10.1 Å². The van der Waals surface area contributed by atoms with E-state index < -0.39 is 0 Å². The maximum absolute atomic E-state index is 12.6. The number of hydrogen-bond acceptors (Lipinski definition) is 3. The van der Waals surface area contributed by atoms with Crippen LogP contribution in [0.3, 0.4) is 0 Å². The van der Waals surface area contributed by atoms with E-state index in [0.29, 0.717) is 12.0 Å². The van der Waals surface area contributed by atoms with Crippen molar-refractivity contribution in [2.45, 2.75) is 58.8 Å². The van der Waals surface area contributed by atoms with Crippen molar-refractivity contribution in [3.05, 3.63) is 21.9 Å². The van der Waals surface area contributed by atoms with Crippen molar-refractivity contribution in [2.24, 2.45) is 11.8 Å². The molecular weight excluding hydrogens is 268 g/mol. The molecule has 5 unspecified atom stereocenters. The van der Waals surface area contributed by atoms with Crippen LogP contribution < -0.4 is 5.32 Å². The minimum atomic E-state index is -0.0643. The summed E-state index contributed by atoms with van der Waals surface area (Å²) in [5.74, 6) is 1.58. The first kappa shape index (κ1) is 14.1. The molecule has 1 saturated carbocycles. The third-order valence-electron chi connectivity index (χ3n) is 5.12. The van der Waals surface area contributed by atoms with Crippen LogP contribution in [0, 0.1) is 18.8 Å². The van der Waals surface area contributed by atoms with Gasteiger partial charge >= 0.3 is 0 Å². The van der Waals surface area contributed by atoms with Crippen LogP contribution in [0.4, 0.5) is 0 Å². The van der Waals surface area contributed by atoms with Gasteiger partial charge in [0.2, 0.25) is 5.91 Å². The van der Waals surface area contributed by atoms with E-state index in [1.54, 1.807) is 11.3 Å². The zero-order chi connectivity index (χ0) is 14.4. The topological polar surface area (TPSA) is 32.3 Å². The smallest absolute Gasteiger partial charge is 0.241 e. The van der Waals surface area contributed by atoms with Crippen molar-refractivity contribution in [3.63, 3.8) is 0 Å². The molecule has 110 valence electrons. The lowest BCUT2D eigenvalue weighted by Crippen LogP contribution is -2.41. The van der Waals surface area contributed by atoms with Gasteiger partial charge in [0.05, 0.1) is 6.04 Å². The molecule has 1 aromatic heterocycles. The second kappa shape index (κ2) is 5.15. The predicted octanol–water partition coefficient (Wildman–Crippen LogP) is 3.31. The van der Waals surface area contributed by atoms with E-state index in [-0.39, 0.29) is 18.1 Å². The average molecular weight is 292 g/mol. The summed E-state index contributed by atoms with van der Waals surface area (Å²) >= 11 is 1.80. The number of carbonyl (C=O) groups excluding carboxylic acids is 1. The van der Waals surface area contributed by atoms with Crippen LogP contribution in [-0.4, -0.2) is 22.9 Å². The van der Waals surface area contributed by atoms with Crippen LogP contribution in [0.25, 0.3) is 0 Å². The van der Waals surface area contributed by atoms with Gasteiger partial charge in [0.25, 0.3) is 0 Å². The molecule has 1 aliphatic heterocycles. The van der Waals surface area contributed by atoms with Crippen molar-refractivity contribution in [1.29, 1.82) is 0 Å². The Hall–Kier alpha value is -0.870. The molecule has 1 amide bonds. The highest BCUT2D eigenvalue weighted by Crippen LogP contribution is 2.41. The number of amides is 1. The Bertz CT molecular complexity index is 512. The van der Waals surface area contributed by atoms with Gasteiger partial charge in [0.15, 0.2) is 0 Å². The second-order valence-electron chi connectivity index (χ2n) is 6.47. The lowest BCUT2D eigenvalue weighted by molar-refractivity contribution is -0.132. The highest BCUT2D eigenvalue weighted by molar-refractivity contribution is 7.12. The van der Waals surface area contributed by atoms with Gasteiger partial charge in [-0.05, 0) is 50.7 Å². The monoisotopic (exact) mass is 292 g/mol. The molecule has 1 aliphatic carbocycles. The SMILES string of the molecule is Cc1ccc(C2NC(C)C(=O)N2C2CCC(C)C2C)s1. The summed E-state index contributed by atoms with van der Waals surface area (Å²) in [6, 6.07) is 4.64. The third kappa shape index (κ3) is 2.19. The first-order chi connectivity index (χ1) is 9.49. The molecule has 3 rings (SSSR count). The Morgan fingerprint density at radius 2 is 2.00 bits per heavy atom. The largest absolute Gasteiger partial charge is 0.317 e. The van der Waals surface area contributed by atoms with Gasteiger partial charge in [-0.15, -0.1) is 11.3 Å². The third-order valence-corrected chi connectivity index (χ3v) is 6.17. The summed E-state index contributed by atoms with van der Waals surface area (Å²) < 4.78 is 0. The molecule has 1 saturated heterocycles. The fourth-order valence-electron chi connectivity index (χ4n) is 3.64. The Kier molecular flexibility index (Phi) is 3.63. The summed E-state index contributed by atoms with van der Waals surface area (Å²) in [6.07, 6.45) is 2.46. The fraction of sp³-hybridized carbons (Fsp3) is 0.688. The number of carbonyl (C=O) groups is 1. The number of aryl methyl sites for hydroxylation is 1. The van der Waals surface area contributed by atoms with Gasteiger partial charge in [-0.1, -0.05) is 13.8 Å². The molecule has 0 bridgehead atoms. The average Bonchev–Trinajstić information content (AvgIpc) is 3.05. The summed E-state index contributed by atoms with van der Waals surface area (Å²) in [6.45, 7) is 8.72. The van der Waals surface area contributed by atoms with E-state index in [0.717, 1.165) is 12.3 Å². The summed E-state index contributed by atoms with van der Waals surface area (Å²) in [4.78, 5) is 17.3. The zero-order valence-corrected chi connectivity index (χ0v) is 13.5. The van der Waals surface area contributed by atoms with Crippen molar-refractivity contribution < 1.29 is 4.79 Å². The molecule has 2 heterocycles. The number of hydrogen-bond donors (Lipinski definition) is 1. The van der Waals surface area contributed by atoms with Gasteiger partial charge in [-0.2, -0.15) is 0 Å². The molecule has 1 N–H and O–H groups in total. The van der Waals surface area contributed by atoms with Gasteiger partial charge < -0.3 is 4.90 Å². The van der Waals surface area contributed by atoms with Crippen molar-refractivity contribution >= 4 is 17.2 Å². The van der Waals surface area contributed by atoms with Crippen LogP contribution in [0.2, 0.25) is 0 Å². The Morgan fingerprint density at radius 1 is 1.25 bits per heavy atom. The minimum absolute atomic E-state index is 0.0643. The molecule has 1 aromatic rings. The van der Waals surface area contributed by atoms with E-state index >= 15 is 0 Å². The van der Waals surface area contributed by atoms with Crippen molar-refractivity contribution in [2.75, 3.05) is 0 Å². The summed E-state index contributed by atoms with van der Waals surface area (Å²) in [5.41, 5.74) is 0. The maximum Gasteiger partial charge on any atom is 0.241 e. The standard InChI is InChI=1S/C16H24N2OS/c1-9-5-7-13(11(9)3)18-15(17-12(4)16(18)19)14-8-6-10(2)20-14/h6,8-9,11-13,15,17H,5,7H2,1-4H3. The molecule has 3 nitrogen and oxygen atoms in total. The molecule has 5 atom stereocenters. The molecule has 0 spiro atoms. The molecule has 4 heteroatoms. The number of nitrogens with one attached hydrogen (secondary N) is 1. The van der Waals surface area contributed by atoms with E-state index in [2.05, 4.69) is 43.1 Å². The van der Waals surface area contributed by atoms with Crippen LogP contribution in [0.15, 0.2) is 12.1 Å². The Morgan fingerprint density at radius 3 is 2.55 bits per heavy atom. The number of thiophene rings is 1. The van der Waals surface area contributed by atoms with E-state index in [9.17, 15) is 4.79 Å². The van der Waals surface area contributed by atoms with Crippen LogP contribution in [0.5, 0.6) is 0 Å². The Labute approximate surface area is 125 Å².